The van der Waals surface area contributed by atoms with E-state index < -0.39 is 15.9 Å². The van der Waals surface area contributed by atoms with E-state index in [9.17, 15) is 13.2 Å². The number of para-hydroxylation sites is 1. The Hall–Kier alpha value is -2.68. The van der Waals surface area contributed by atoms with E-state index in [1.807, 2.05) is 17.5 Å². The van der Waals surface area contributed by atoms with Crippen LogP contribution in [-0.2, 0) is 10.0 Å². The lowest BCUT2D eigenvalue weighted by Gasteiger charge is -2.11. The van der Waals surface area contributed by atoms with Crippen LogP contribution in [0.4, 0.5) is 5.69 Å². The van der Waals surface area contributed by atoms with Crippen molar-refractivity contribution < 1.29 is 13.2 Å². The Balaban J connectivity index is 1.79. The molecule has 138 valence electrons. The van der Waals surface area contributed by atoms with Gasteiger partial charge in [0.15, 0.2) is 0 Å². The highest BCUT2D eigenvalue weighted by molar-refractivity contribution is 7.92. The third kappa shape index (κ3) is 4.94. The highest BCUT2D eigenvalue weighted by Gasteiger charge is 2.18. The number of halogens is 1. The molecule has 9 heteroatoms. The molecule has 0 aliphatic carbocycles. The summed E-state index contributed by atoms with van der Waals surface area (Å²) >= 11 is 7.27. The van der Waals surface area contributed by atoms with Crippen molar-refractivity contribution in [2.24, 2.45) is 5.10 Å². The van der Waals surface area contributed by atoms with Crippen molar-refractivity contribution in [1.82, 2.24) is 5.43 Å². The fourth-order valence-electron chi connectivity index (χ4n) is 2.17. The molecule has 0 atom stereocenters. The molecule has 0 unspecified atom stereocenters. The van der Waals surface area contributed by atoms with Crippen LogP contribution >= 0.6 is 22.9 Å². The van der Waals surface area contributed by atoms with Crippen LogP contribution in [-0.4, -0.2) is 20.5 Å². The maximum Gasteiger partial charge on any atom is 0.273 e. The Kier molecular flexibility index (Phi) is 5.90. The minimum Gasteiger partial charge on any atom is -0.279 e. The summed E-state index contributed by atoms with van der Waals surface area (Å²) in [4.78, 5) is 13.3. The van der Waals surface area contributed by atoms with Gasteiger partial charge in [-0.3, -0.25) is 9.52 Å². The molecule has 0 radical (unpaired) electrons. The SMILES string of the molecule is O=C(N/N=C\c1cccs1)c1ccccc1NS(=O)(=O)c1ccc(Cl)cc1. The monoisotopic (exact) mass is 419 g/mol. The van der Waals surface area contributed by atoms with Gasteiger partial charge in [-0.1, -0.05) is 29.8 Å². The van der Waals surface area contributed by atoms with Gasteiger partial charge in [-0.25, -0.2) is 13.8 Å². The molecular weight excluding hydrogens is 406 g/mol. The van der Waals surface area contributed by atoms with Crippen molar-refractivity contribution >= 4 is 50.8 Å². The maximum atomic E-state index is 12.5. The molecule has 1 amide bonds. The topological polar surface area (TPSA) is 87.6 Å². The predicted molar refractivity (Wildman–Crippen MR) is 108 cm³/mol. The van der Waals surface area contributed by atoms with Gasteiger partial charge in [0.25, 0.3) is 15.9 Å². The smallest absolute Gasteiger partial charge is 0.273 e. The molecule has 0 spiro atoms. The maximum absolute atomic E-state index is 12.5. The average Bonchev–Trinajstić information content (AvgIpc) is 3.15. The second-order valence-electron chi connectivity index (χ2n) is 5.32. The van der Waals surface area contributed by atoms with E-state index in [1.165, 1.54) is 53.9 Å². The normalized spacial score (nSPS) is 11.4. The highest BCUT2D eigenvalue weighted by atomic mass is 35.5. The summed E-state index contributed by atoms with van der Waals surface area (Å²) in [6.07, 6.45) is 1.52. The van der Waals surface area contributed by atoms with Crippen LogP contribution in [0.1, 0.15) is 15.2 Å². The molecule has 0 aliphatic rings. The number of hydrazone groups is 1. The first-order valence-electron chi connectivity index (χ1n) is 7.70. The van der Waals surface area contributed by atoms with Crippen LogP contribution in [0.15, 0.2) is 76.0 Å². The van der Waals surface area contributed by atoms with Gasteiger partial charge in [0.05, 0.1) is 22.4 Å². The van der Waals surface area contributed by atoms with E-state index >= 15 is 0 Å². The Bertz CT molecular complexity index is 1060. The summed E-state index contributed by atoms with van der Waals surface area (Å²) in [7, 11) is -3.87. The molecule has 0 bridgehead atoms. The third-order valence-electron chi connectivity index (χ3n) is 3.44. The van der Waals surface area contributed by atoms with Crippen LogP contribution in [0.25, 0.3) is 0 Å². The zero-order valence-electron chi connectivity index (χ0n) is 13.8. The molecule has 0 saturated heterocycles. The molecular formula is C18H14ClN3O3S2. The number of rotatable bonds is 6. The van der Waals surface area contributed by atoms with Crippen LogP contribution in [0.3, 0.4) is 0 Å². The van der Waals surface area contributed by atoms with Crippen molar-refractivity contribution in [2.75, 3.05) is 4.72 Å². The standard InChI is InChI=1S/C18H14ClN3O3S2/c19-13-7-9-15(10-8-13)27(24,25)22-17-6-2-1-5-16(17)18(23)21-20-12-14-4-3-11-26-14/h1-12,22H,(H,21,23)/b20-12-. The molecule has 2 aromatic carbocycles. The number of nitrogens with zero attached hydrogens (tertiary/aromatic N) is 1. The lowest BCUT2D eigenvalue weighted by atomic mass is 10.2. The summed E-state index contributed by atoms with van der Waals surface area (Å²) in [5, 5.41) is 6.21. The Morgan fingerprint density at radius 1 is 1.04 bits per heavy atom. The molecule has 2 N–H and O–H groups in total. The lowest BCUT2D eigenvalue weighted by molar-refractivity contribution is 0.0956. The zero-order valence-corrected chi connectivity index (χ0v) is 16.2. The molecule has 0 aliphatic heterocycles. The summed E-state index contributed by atoms with van der Waals surface area (Å²) in [6.45, 7) is 0. The summed E-state index contributed by atoms with van der Waals surface area (Å²) in [6, 6.07) is 15.7. The molecule has 1 heterocycles. The van der Waals surface area contributed by atoms with Crippen LogP contribution in [0.2, 0.25) is 5.02 Å². The van der Waals surface area contributed by atoms with Gasteiger partial charge < -0.3 is 0 Å². The van der Waals surface area contributed by atoms with Crippen molar-refractivity contribution in [1.29, 1.82) is 0 Å². The van der Waals surface area contributed by atoms with Crippen LogP contribution in [0, 0.1) is 0 Å². The summed E-state index contributed by atoms with van der Waals surface area (Å²) in [5.41, 5.74) is 2.70. The van der Waals surface area contributed by atoms with Gasteiger partial charge in [0.2, 0.25) is 0 Å². The molecule has 3 aromatic rings. The Labute approximate surface area is 165 Å². The number of carbonyl (C=O) groups excluding carboxylic acids is 1. The van der Waals surface area contributed by atoms with E-state index in [0.29, 0.717) is 5.02 Å². The van der Waals surface area contributed by atoms with Gasteiger partial charge >= 0.3 is 0 Å². The van der Waals surface area contributed by atoms with Gasteiger partial charge in [-0.05, 0) is 47.8 Å². The van der Waals surface area contributed by atoms with Crippen LogP contribution < -0.4 is 10.1 Å². The van der Waals surface area contributed by atoms with E-state index in [0.717, 1.165) is 4.88 Å². The van der Waals surface area contributed by atoms with Crippen molar-refractivity contribution in [3.05, 3.63) is 81.5 Å². The first-order chi connectivity index (χ1) is 13.0. The van der Waals surface area contributed by atoms with E-state index in [1.54, 1.807) is 12.1 Å². The lowest BCUT2D eigenvalue weighted by Crippen LogP contribution is -2.21. The van der Waals surface area contributed by atoms with Gasteiger partial charge in [-0.15, -0.1) is 11.3 Å². The largest absolute Gasteiger partial charge is 0.279 e. The first kappa shape index (κ1) is 19.1. The van der Waals surface area contributed by atoms with E-state index in [-0.39, 0.29) is 16.1 Å². The van der Waals surface area contributed by atoms with Crippen LogP contribution in [0.5, 0.6) is 0 Å². The van der Waals surface area contributed by atoms with E-state index in [2.05, 4.69) is 15.2 Å². The summed E-state index contributed by atoms with van der Waals surface area (Å²) in [5.74, 6) is -0.530. The summed E-state index contributed by atoms with van der Waals surface area (Å²) < 4.78 is 27.5. The molecule has 3 rings (SSSR count). The van der Waals surface area contributed by atoms with Crippen molar-refractivity contribution in [3.63, 3.8) is 0 Å². The number of thiophene rings is 1. The number of benzene rings is 2. The molecule has 0 saturated carbocycles. The number of anilines is 1. The number of hydrogen-bond donors (Lipinski definition) is 2. The second kappa shape index (κ2) is 8.34. The number of hydrogen-bond acceptors (Lipinski definition) is 5. The van der Waals surface area contributed by atoms with Gasteiger partial charge in [0, 0.05) is 9.90 Å². The fraction of sp³-hybridized carbons (Fsp3) is 0. The highest BCUT2D eigenvalue weighted by Crippen LogP contribution is 2.21. The molecule has 1 aromatic heterocycles. The first-order valence-corrected chi connectivity index (χ1v) is 10.4. The minimum absolute atomic E-state index is 0.0397. The number of carbonyl (C=O) groups is 1. The third-order valence-corrected chi connectivity index (χ3v) is 5.88. The van der Waals surface area contributed by atoms with E-state index in [4.69, 9.17) is 11.6 Å². The number of nitrogens with one attached hydrogen (secondary N) is 2. The van der Waals surface area contributed by atoms with Gasteiger partial charge in [-0.2, -0.15) is 5.10 Å². The average molecular weight is 420 g/mol. The van der Waals surface area contributed by atoms with Gasteiger partial charge in [0.1, 0.15) is 0 Å². The molecule has 27 heavy (non-hydrogen) atoms. The van der Waals surface area contributed by atoms with Crippen molar-refractivity contribution in [2.45, 2.75) is 4.90 Å². The fourth-order valence-corrected chi connectivity index (χ4v) is 3.96. The Morgan fingerprint density at radius 2 is 1.78 bits per heavy atom. The molecule has 0 fully saturated rings. The minimum atomic E-state index is -3.87. The molecule has 6 nitrogen and oxygen atoms in total. The van der Waals surface area contributed by atoms with Crippen molar-refractivity contribution in [3.8, 4) is 0 Å². The number of amides is 1. The number of sulfonamides is 1. The quantitative estimate of drug-likeness (QED) is 0.468. The zero-order chi connectivity index (χ0) is 19.3. The predicted octanol–water partition coefficient (Wildman–Crippen LogP) is 3.97. The Morgan fingerprint density at radius 3 is 2.48 bits per heavy atom. The second-order valence-corrected chi connectivity index (χ2v) is 8.42.